The molecule has 0 amide bonds. The molecule has 0 bridgehead atoms. The van der Waals surface area contributed by atoms with Crippen LogP contribution in [0.1, 0.15) is 49.9 Å². The van der Waals surface area contributed by atoms with E-state index in [1.165, 1.54) is 45.0 Å². The van der Waals surface area contributed by atoms with Crippen molar-refractivity contribution in [1.29, 1.82) is 0 Å². The van der Waals surface area contributed by atoms with E-state index < -0.39 is 0 Å². The summed E-state index contributed by atoms with van der Waals surface area (Å²) in [5.41, 5.74) is 18.2. The van der Waals surface area contributed by atoms with Crippen molar-refractivity contribution in [2.24, 2.45) is 0 Å². The summed E-state index contributed by atoms with van der Waals surface area (Å²) in [6.45, 7) is 9.29. The number of fused-ring (bicyclic) bond motifs is 7. The first-order chi connectivity index (χ1) is 27.8. The highest BCUT2D eigenvalue weighted by molar-refractivity contribution is 6.06. The molecule has 7 aromatic carbocycles. The van der Waals surface area contributed by atoms with E-state index >= 15 is 0 Å². The van der Waals surface area contributed by atoms with Crippen LogP contribution in [0.2, 0.25) is 0 Å². The van der Waals surface area contributed by atoms with Gasteiger partial charge in [0.05, 0.1) is 22.7 Å². The van der Waals surface area contributed by atoms with E-state index in [0.717, 1.165) is 50.0 Å². The summed E-state index contributed by atoms with van der Waals surface area (Å²) >= 11 is 0. The fourth-order valence-electron chi connectivity index (χ4n) is 9.50. The molecule has 4 heterocycles. The van der Waals surface area contributed by atoms with Gasteiger partial charge >= 0.3 is 0 Å². The minimum atomic E-state index is -0.0913. The van der Waals surface area contributed by atoms with Crippen molar-refractivity contribution >= 4 is 56.2 Å². The molecule has 0 N–H and O–H groups in total. The van der Waals surface area contributed by atoms with Gasteiger partial charge in [-0.05, 0) is 106 Å². The average Bonchev–Trinajstić information content (AvgIpc) is 3.62. The highest BCUT2D eigenvalue weighted by Gasteiger charge is 2.37. The molecule has 0 spiro atoms. The zero-order valence-corrected chi connectivity index (χ0v) is 32.5. The van der Waals surface area contributed by atoms with Crippen LogP contribution in [-0.2, 0) is 10.8 Å². The fourth-order valence-corrected chi connectivity index (χ4v) is 9.50. The Labute approximate surface area is 333 Å². The molecule has 2 aromatic heterocycles. The van der Waals surface area contributed by atoms with Crippen LogP contribution in [0.25, 0.3) is 44.3 Å². The monoisotopic (exact) mass is 735 g/mol. The number of hydrogen-bond donors (Lipinski definition) is 0. The van der Waals surface area contributed by atoms with Gasteiger partial charge in [0.2, 0.25) is 5.71 Å². The van der Waals surface area contributed by atoms with Crippen LogP contribution >= 0.6 is 0 Å². The smallest absolute Gasteiger partial charge is 0.227 e. The second-order valence-corrected chi connectivity index (χ2v) is 16.5. The van der Waals surface area contributed by atoms with Crippen molar-refractivity contribution < 1.29 is 4.42 Å². The first-order valence-corrected chi connectivity index (χ1v) is 19.8. The van der Waals surface area contributed by atoms with Gasteiger partial charge in [-0.25, -0.2) is 4.98 Å². The van der Waals surface area contributed by atoms with Crippen LogP contribution in [0.5, 0.6) is 0 Å². The molecule has 57 heavy (non-hydrogen) atoms. The van der Waals surface area contributed by atoms with Gasteiger partial charge in [-0.3, -0.25) is 0 Å². The Kier molecular flexibility index (Phi) is 7.21. The number of para-hydroxylation sites is 4. The highest BCUT2D eigenvalue weighted by atomic mass is 16.3. The molecule has 2 aliphatic rings. The number of hydrogen-bond acceptors (Lipinski definition) is 4. The first-order valence-electron chi connectivity index (χ1n) is 19.8. The molecule has 0 unspecified atom stereocenters. The van der Waals surface area contributed by atoms with E-state index in [1.807, 2.05) is 6.20 Å². The Morgan fingerprint density at radius 3 is 1.25 bits per heavy atom. The van der Waals surface area contributed by atoms with Crippen molar-refractivity contribution in [2.75, 3.05) is 9.80 Å². The molecular formula is C53H41N3O. The maximum Gasteiger partial charge on any atom is 0.227 e. The maximum absolute atomic E-state index is 6.27. The zero-order valence-electron chi connectivity index (χ0n) is 32.5. The molecule has 0 radical (unpaired) electrons. The minimum absolute atomic E-state index is 0.0881. The van der Waals surface area contributed by atoms with Crippen LogP contribution in [0.15, 0.2) is 180 Å². The summed E-state index contributed by atoms with van der Waals surface area (Å²) in [7, 11) is 0. The van der Waals surface area contributed by atoms with E-state index in [1.54, 1.807) is 0 Å². The standard InChI is InChI=1S/C53H41N3O/c1-52(2)42-13-5-9-17-46(42)55(47-18-10-6-14-43(47)52)38-26-21-34(22-27-38)36-25-30-50-40(31-36)41-32-37(33-54-51(41)57-50)35-23-28-39(29-24-35)56-48-19-11-7-15-44(48)53(3,4)45-16-8-12-20-49(45)56/h5-33H,1-4H3. The number of nitrogens with zero attached hydrogens (tertiary/aromatic N) is 3. The van der Waals surface area contributed by atoms with E-state index in [2.05, 4.69) is 207 Å². The summed E-state index contributed by atoms with van der Waals surface area (Å²) in [5.74, 6) is 0. The Balaban J connectivity index is 0.929. The molecule has 4 heteroatoms. The molecule has 2 aliphatic heterocycles. The van der Waals surface area contributed by atoms with Gasteiger partial charge in [-0.1, -0.05) is 131 Å². The zero-order chi connectivity index (χ0) is 38.5. The van der Waals surface area contributed by atoms with Crippen molar-refractivity contribution in [3.63, 3.8) is 0 Å². The molecule has 0 fully saturated rings. The number of anilines is 6. The molecule has 0 aliphatic carbocycles. The van der Waals surface area contributed by atoms with Gasteiger partial charge < -0.3 is 14.2 Å². The van der Waals surface area contributed by atoms with E-state index in [4.69, 9.17) is 9.40 Å². The van der Waals surface area contributed by atoms with Crippen LogP contribution < -0.4 is 9.80 Å². The minimum Gasteiger partial charge on any atom is -0.438 e. The molecule has 4 nitrogen and oxygen atoms in total. The molecule has 11 rings (SSSR count). The third-order valence-corrected chi connectivity index (χ3v) is 12.5. The lowest BCUT2D eigenvalue weighted by molar-refractivity contribution is 0.632. The predicted molar refractivity (Wildman–Crippen MR) is 236 cm³/mol. The Bertz CT molecular complexity index is 2720. The number of rotatable bonds is 4. The lowest BCUT2D eigenvalue weighted by Crippen LogP contribution is -2.30. The highest BCUT2D eigenvalue weighted by Crippen LogP contribution is 2.53. The topological polar surface area (TPSA) is 32.5 Å². The Hall–Kier alpha value is -6.91. The molecule has 0 saturated carbocycles. The number of furan rings is 1. The summed E-state index contributed by atoms with van der Waals surface area (Å²) < 4.78 is 6.27. The third-order valence-electron chi connectivity index (χ3n) is 12.5. The van der Waals surface area contributed by atoms with Crippen LogP contribution in [0.3, 0.4) is 0 Å². The van der Waals surface area contributed by atoms with Gasteiger partial charge in [0.25, 0.3) is 0 Å². The quantitative estimate of drug-likeness (QED) is 0.180. The first kappa shape index (κ1) is 33.4. The predicted octanol–water partition coefficient (Wildman–Crippen LogP) is 14.5. The Morgan fingerprint density at radius 2 is 0.789 bits per heavy atom. The van der Waals surface area contributed by atoms with Crippen LogP contribution in [0, 0.1) is 0 Å². The van der Waals surface area contributed by atoms with E-state index in [0.29, 0.717) is 5.71 Å². The maximum atomic E-state index is 6.27. The van der Waals surface area contributed by atoms with Crippen LogP contribution in [0.4, 0.5) is 34.1 Å². The Morgan fingerprint density at radius 1 is 0.404 bits per heavy atom. The third kappa shape index (κ3) is 5.03. The van der Waals surface area contributed by atoms with Gasteiger partial charge in [-0.15, -0.1) is 0 Å². The SMILES string of the molecule is CC1(C)c2ccccc2N(c2ccc(-c3ccc4oc5ncc(-c6ccc(N7c8ccccc8C(C)(C)c8ccccc87)cc6)cc5c4c3)cc2)c2ccccc21. The molecule has 0 saturated heterocycles. The molecule has 274 valence electrons. The van der Waals surface area contributed by atoms with E-state index in [-0.39, 0.29) is 10.8 Å². The number of pyridine rings is 1. The summed E-state index contributed by atoms with van der Waals surface area (Å²) in [6.07, 6.45) is 1.92. The average molecular weight is 736 g/mol. The van der Waals surface area contributed by atoms with Gasteiger partial charge in [0, 0.05) is 44.7 Å². The van der Waals surface area contributed by atoms with Crippen LogP contribution in [-0.4, -0.2) is 4.98 Å². The van der Waals surface area contributed by atoms with Crippen molar-refractivity contribution in [1.82, 2.24) is 4.98 Å². The van der Waals surface area contributed by atoms with Crippen molar-refractivity contribution in [2.45, 2.75) is 38.5 Å². The molecular weight excluding hydrogens is 695 g/mol. The summed E-state index contributed by atoms with van der Waals surface area (Å²) in [5, 5.41) is 2.07. The lowest BCUT2D eigenvalue weighted by atomic mass is 9.73. The van der Waals surface area contributed by atoms with Crippen molar-refractivity contribution in [3.8, 4) is 22.3 Å². The molecule has 9 aromatic rings. The van der Waals surface area contributed by atoms with Gasteiger partial charge in [0.15, 0.2) is 0 Å². The normalized spacial score (nSPS) is 14.9. The second-order valence-electron chi connectivity index (χ2n) is 16.5. The number of aromatic nitrogens is 1. The van der Waals surface area contributed by atoms with Gasteiger partial charge in [-0.2, -0.15) is 0 Å². The summed E-state index contributed by atoms with van der Waals surface area (Å²) in [6, 6.07) is 61.6. The number of benzene rings is 7. The van der Waals surface area contributed by atoms with Gasteiger partial charge in [0.1, 0.15) is 5.58 Å². The lowest BCUT2D eigenvalue weighted by Gasteiger charge is -2.42. The summed E-state index contributed by atoms with van der Waals surface area (Å²) in [4.78, 5) is 9.61. The second kappa shape index (κ2) is 12.3. The largest absolute Gasteiger partial charge is 0.438 e. The fraction of sp³-hybridized carbons (Fsp3) is 0.113. The molecule has 0 atom stereocenters. The van der Waals surface area contributed by atoms with Crippen molar-refractivity contribution in [3.05, 3.63) is 198 Å². The van der Waals surface area contributed by atoms with E-state index in [9.17, 15) is 0 Å².